The van der Waals surface area contributed by atoms with E-state index in [1.165, 1.54) is 48.5 Å². The molecule has 3 aromatic rings. The molecule has 0 amide bonds. The normalized spacial score (nSPS) is 11.9. The van der Waals surface area contributed by atoms with Gasteiger partial charge < -0.3 is 0 Å². The van der Waals surface area contributed by atoms with Gasteiger partial charge in [-0.25, -0.2) is 21.2 Å². The lowest BCUT2D eigenvalue weighted by Gasteiger charge is -2.10. The SMILES string of the molecule is O=S(=O)(Nc1ccccc1F)c1ccc(NS(=O)(=O)c2cccs2)cc1. The second-order valence-electron chi connectivity index (χ2n) is 5.15. The third-order valence-electron chi connectivity index (χ3n) is 3.29. The number of rotatable bonds is 6. The van der Waals surface area contributed by atoms with Crippen LogP contribution in [0.25, 0.3) is 0 Å². The Morgan fingerprint density at radius 2 is 1.46 bits per heavy atom. The van der Waals surface area contributed by atoms with Crippen LogP contribution in [-0.4, -0.2) is 16.8 Å². The molecule has 0 bridgehead atoms. The van der Waals surface area contributed by atoms with Gasteiger partial charge in [0.25, 0.3) is 20.0 Å². The number of nitrogens with one attached hydrogen (secondary N) is 2. The molecule has 2 aromatic carbocycles. The van der Waals surface area contributed by atoms with Crippen LogP contribution in [0, 0.1) is 5.82 Å². The fourth-order valence-corrected chi connectivity index (χ4v) is 5.19. The van der Waals surface area contributed by atoms with E-state index in [1.54, 1.807) is 11.4 Å². The first kappa shape index (κ1) is 18.4. The van der Waals surface area contributed by atoms with Crippen LogP contribution >= 0.6 is 11.3 Å². The molecule has 0 fully saturated rings. The summed E-state index contributed by atoms with van der Waals surface area (Å²) in [7, 11) is -7.72. The maximum Gasteiger partial charge on any atom is 0.271 e. The number of anilines is 2. The predicted molar refractivity (Wildman–Crippen MR) is 98.8 cm³/mol. The van der Waals surface area contributed by atoms with Crippen LogP contribution in [0.1, 0.15) is 0 Å². The van der Waals surface area contributed by atoms with Gasteiger partial charge in [-0.05, 0) is 47.8 Å². The number of halogens is 1. The average Bonchev–Trinajstić information content (AvgIpc) is 3.12. The number of hydrogen-bond donors (Lipinski definition) is 2. The molecular formula is C16H13FN2O4S3. The van der Waals surface area contributed by atoms with Crippen LogP contribution in [0.3, 0.4) is 0 Å². The first-order valence-corrected chi connectivity index (χ1v) is 11.1. The van der Waals surface area contributed by atoms with Crippen LogP contribution in [0.5, 0.6) is 0 Å². The zero-order valence-electron chi connectivity index (χ0n) is 13.1. The monoisotopic (exact) mass is 412 g/mol. The molecule has 10 heteroatoms. The molecule has 0 aliphatic heterocycles. The first-order valence-electron chi connectivity index (χ1n) is 7.22. The Morgan fingerprint density at radius 3 is 2.08 bits per heavy atom. The topological polar surface area (TPSA) is 92.3 Å². The van der Waals surface area contributed by atoms with Gasteiger partial charge in [0.1, 0.15) is 10.0 Å². The molecule has 0 spiro atoms. The van der Waals surface area contributed by atoms with Gasteiger partial charge in [0.15, 0.2) is 0 Å². The van der Waals surface area contributed by atoms with Crippen LogP contribution in [0.15, 0.2) is 75.1 Å². The van der Waals surface area contributed by atoms with E-state index in [4.69, 9.17) is 0 Å². The van der Waals surface area contributed by atoms with E-state index in [9.17, 15) is 21.2 Å². The van der Waals surface area contributed by atoms with Crippen molar-refractivity contribution in [3.63, 3.8) is 0 Å². The Kier molecular flexibility index (Phi) is 4.99. The molecule has 1 aromatic heterocycles. The summed E-state index contributed by atoms with van der Waals surface area (Å²) in [4.78, 5) is -0.125. The molecule has 0 atom stereocenters. The van der Waals surface area contributed by atoms with Crippen LogP contribution in [0.2, 0.25) is 0 Å². The second kappa shape index (κ2) is 7.06. The molecule has 0 saturated carbocycles. The van der Waals surface area contributed by atoms with E-state index in [0.29, 0.717) is 0 Å². The molecule has 3 rings (SSSR count). The predicted octanol–water partition coefficient (Wildman–Crippen LogP) is 3.49. The van der Waals surface area contributed by atoms with E-state index in [1.807, 2.05) is 0 Å². The van der Waals surface area contributed by atoms with Gasteiger partial charge in [0.2, 0.25) is 0 Å². The van der Waals surface area contributed by atoms with Crippen molar-refractivity contribution in [1.29, 1.82) is 0 Å². The summed E-state index contributed by atoms with van der Waals surface area (Å²) in [6.07, 6.45) is 0. The minimum atomic E-state index is -4.00. The molecule has 0 unspecified atom stereocenters. The molecule has 0 saturated heterocycles. The smallest absolute Gasteiger partial charge is 0.271 e. The summed E-state index contributed by atoms with van der Waals surface area (Å²) in [5.41, 5.74) is 0.0400. The molecule has 6 nitrogen and oxygen atoms in total. The lowest BCUT2D eigenvalue weighted by atomic mass is 10.3. The Bertz CT molecular complexity index is 1110. The number of sulfonamides is 2. The number of hydrogen-bond acceptors (Lipinski definition) is 5. The van der Waals surface area contributed by atoms with Crippen LogP contribution < -0.4 is 9.44 Å². The zero-order valence-corrected chi connectivity index (χ0v) is 15.5. The summed E-state index contributed by atoms with van der Waals surface area (Å²) in [5.74, 6) is -0.698. The van der Waals surface area contributed by atoms with E-state index in [0.717, 1.165) is 17.4 Å². The second-order valence-corrected chi connectivity index (χ2v) is 9.69. The van der Waals surface area contributed by atoms with Crippen molar-refractivity contribution in [1.82, 2.24) is 0 Å². The van der Waals surface area contributed by atoms with Crippen LogP contribution in [-0.2, 0) is 20.0 Å². The first-order chi connectivity index (χ1) is 12.3. The quantitative estimate of drug-likeness (QED) is 0.648. The third kappa shape index (κ3) is 4.03. The largest absolute Gasteiger partial charge is 0.279 e. The summed E-state index contributed by atoms with van der Waals surface area (Å²) in [6.45, 7) is 0. The van der Waals surface area contributed by atoms with Gasteiger partial charge in [-0.3, -0.25) is 9.44 Å². The number of benzene rings is 2. The minimum Gasteiger partial charge on any atom is -0.279 e. The maximum absolute atomic E-state index is 13.6. The molecule has 0 radical (unpaired) electrons. The lowest BCUT2D eigenvalue weighted by molar-refractivity contribution is 0.598. The number of para-hydroxylation sites is 1. The van der Waals surface area contributed by atoms with Gasteiger partial charge in [-0.15, -0.1) is 11.3 Å². The van der Waals surface area contributed by atoms with Gasteiger partial charge in [0, 0.05) is 5.69 Å². The Balaban J connectivity index is 1.80. The highest BCUT2D eigenvalue weighted by Crippen LogP contribution is 2.23. The van der Waals surface area contributed by atoms with Gasteiger partial charge in [0.05, 0.1) is 10.6 Å². The van der Waals surface area contributed by atoms with E-state index >= 15 is 0 Å². The van der Waals surface area contributed by atoms with Gasteiger partial charge in [-0.1, -0.05) is 18.2 Å². The average molecular weight is 412 g/mol. The van der Waals surface area contributed by atoms with E-state index < -0.39 is 25.9 Å². The van der Waals surface area contributed by atoms with Crippen molar-refractivity contribution in [2.24, 2.45) is 0 Å². The maximum atomic E-state index is 13.6. The number of thiophene rings is 1. The van der Waals surface area contributed by atoms with Crippen molar-refractivity contribution < 1.29 is 21.2 Å². The highest BCUT2D eigenvalue weighted by molar-refractivity contribution is 7.94. The Hall–Kier alpha value is -2.43. The van der Waals surface area contributed by atoms with Crippen molar-refractivity contribution in [2.45, 2.75) is 9.10 Å². The molecule has 1 heterocycles. The van der Waals surface area contributed by atoms with Gasteiger partial charge in [-0.2, -0.15) is 0 Å². The molecule has 136 valence electrons. The third-order valence-corrected chi connectivity index (χ3v) is 7.46. The van der Waals surface area contributed by atoms with Crippen molar-refractivity contribution >= 4 is 42.8 Å². The van der Waals surface area contributed by atoms with Gasteiger partial charge >= 0.3 is 0 Å². The van der Waals surface area contributed by atoms with Crippen molar-refractivity contribution in [3.05, 3.63) is 71.9 Å². The molecular weight excluding hydrogens is 399 g/mol. The highest BCUT2D eigenvalue weighted by Gasteiger charge is 2.18. The van der Waals surface area contributed by atoms with Crippen molar-refractivity contribution in [3.8, 4) is 0 Å². The minimum absolute atomic E-state index is 0.125. The fraction of sp³-hybridized carbons (Fsp3) is 0. The van der Waals surface area contributed by atoms with E-state index in [-0.39, 0.29) is 20.5 Å². The van der Waals surface area contributed by atoms with E-state index in [2.05, 4.69) is 9.44 Å². The molecule has 0 aliphatic rings. The molecule has 0 aliphatic carbocycles. The Labute approximate surface area is 154 Å². The van der Waals surface area contributed by atoms with Crippen LogP contribution in [0.4, 0.5) is 15.8 Å². The summed E-state index contributed by atoms with van der Waals surface area (Å²) < 4.78 is 67.2. The molecule has 26 heavy (non-hydrogen) atoms. The highest BCUT2D eigenvalue weighted by atomic mass is 32.2. The lowest BCUT2D eigenvalue weighted by Crippen LogP contribution is -2.14. The standard InChI is InChI=1S/C16H13FN2O4S3/c17-14-4-1-2-5-15(14)19-25(20,21)13-9-7-12(8-10-13)18-26(22,23)16-6-3-11-24-16/h1-11,18-19H. The summed E-state index contributed by atoms with van der Waals surface area (Å²) in [6, 6.07) is 13.6. The summed E-state index contributed by atoms with van der Waals surface area (Å²) >= 11 is 1.07. The van der Waals surface area contributed by atoms with Crippen molar-refractivity contribution in [2.75, 3.05) is 9.44 Å². The fourth-order valence-electron chi connectivity index (χ4n) is 2.07. The Morgan fingerprint density at radius 1 is 0.769 bits per heavy atom. The summed E-state index contributed by atoms with van der Waals surface area (Å²) in [5, 5.41) is 1.64. The molecule has 2 N–H and O–H groups in total. The zero-order chi connectivity index (χ0) is 18.8.